The number of ether oxygens (including phenoxy) is 1. The minimum Gasteiger partial charge on any atom is -0.373 e. The molecule has 0 bridgehead atoms. The second kappa shape index (κ2) is 9.20. The summed E-state index contributed by atoms with van der Waals surface area (Å²) in [6.07, 6.45) is -8.24. The van der Waals surface area contributed by atoms with Gasteiger partial charge >= 0.3 is 12.4 Å². The average molecular weight is 489 g/mol. The highest BCUT2D eigenvalue weighted by atomic mass is 19.4. The van der Waals surface area contributed by atoms with E-state index < -0.39 is 42.0 Å². The van der Waals surface area contributed by atoms with Gasteiger partial charge in [0.1, 0.15) is 5.82 Å². The molecule has 4 atom stereocenters. The standard InChI is InChI=1S/C24H22F7NO2/c25-17-3-1-14(2-4-17)22-18(19-6-8-21(33)32-19)5-7-20(22)34-12-13-9-15(23(26,27)28)11-16(10-13)24(29,30)31/h1-4,9-11,18-20,22H,5-8,12H2,(H,32,33)/t18-,19+,20-,22-/m0/s1. The van der Waals surface area contributed by atoms with E-state index in [0.29, 0.717) is 37.8 Å². The Morgan fingerprint density at radius 2 is 1.50 bits per heavy atom. The number of carbonyl (C=O) groups is 1. The molecule has 2 aromatic carbocycles. The maximum atomic E-state index is 13.5. The van der Waals surface area contributed by atoms with Crippen molar-refractivity contribution in [3.63, 3.8) is 0 Å². The third kappa shape index (κ3) is 5.37. The van der Waals surface area contributed by atoms with Crippen LogP contribution in [0.4, 0.5) is 30.7 Å². The van der Waals surface area contributed by atoms with E-state index in [4.69, 9.17) is 4.74 Å². The van der Waals surface area contributed by atoms with Crippen molar-refractivity contribution in [1.29, 1.82) is 0 Å². The Morgan fingerprint density at radius 3 is 2.03 bits per heavy atom. The summed E-state index contributed by atoms with van der Waals surface area (Å²) < 4.78 is 98.4. The van der Waals surface area contributed by atoms with Crippen molar-refractivity contribution in [3.05, 3.63) is 70.5 Å². The van der Waals surface area contributed by atoms with E-state index >= 15 is 0 Å². The monoisotopic (exact) mass is 489 g/mol. The molecule has 0 radical (unpaired) electrons. The highest BCUT2D eigenvalue weighted by molar-refractivity contribution is 5.78. The molecule has 1 amide bonds. The second-order valence-electron chi connectivity index (χ2n) is 8.79. The van der Waals surface area contributed by atoms with Gasteiger partial charge in [-0.05, 0) is 66.6 Å². The van der Waals surface area contributed by atoms with E-state index in [1.54, 1.807) is 12.1 Å². The number of hydrogen-bond acceptors (Lipinski definition) is 2. The lowest BCUT2D eigenvalue weighted by Crippen LogP contribution is -2.36. The highest BCUT2D eigenvalue weighted by Gasteiger charge is 2.44. The summed E-state index contributed by atoms with van der Waals surface area (Å²) in [5.41, 5.74) is -2.28. The fourth-order valence-corrected chi connectivity index (χ4v) is 5.04. The van der Waals surface area contributed by atoms with Crippen molar-refractivity contribution >= 4 is 5.91 Å². The third-order valence-electron chi connectivity index (χ3n) is 6.56. The molecule has 34 heavy (non-hydrogen) atoms. The van der Waals surface area contributed by atoms with Gasteiger partial charge in [0.25, 0.3) is 0 Å². The highest BCUT2D eigenvalue weighted by Crippen LogP contribution is 2.45. The zero-order valence-electron chi connectivity index (χ0n) is 17.8. The molecule has 0 spiro atoms. The van der Waals surface area contributed by atoms with E-state index in [-0.39, 0.29) is 35.4 Å². The minimum absolute atomic E-state index is 0.0471. The summed E-state index contributed by atoms with van der Waals surface area (Å²) >= 11 is 0. The maximum Gasteiger partial charge on any atom is 0.416 e. The second-order valence-corrected chi connectivity index (χ2v) is 8.79. The minimum atomic E-state index is -4.94. The Bertz CT molecular complexity index is 1000. The molecule has 2 aliphatic rings. The molecule has 0 unspecified atom stereocenters. The zero-order valence-corrected chi connectivity index (χ0v) is 17.8. The van der Waals surface area contributed by atoms with Gasteiger partial charge in [0.05, 0.1) is 23.8 Å². The summed E-state index contributed by atoms with van der Waals surface area (Å²) in [6, 6.07) is 7.04. The number of benzene rings is 2. The van der Waals surface area contributed by atoms with Crippen LogP contribution in [-0.2, 0) is 28.5 Å². The number of rotatable bonds is 5. The van der Waals surface area contributed by atoms with Gasteiger partial charge in [-0.2, -0.15) is 26.3 Å². The van der Waals surface area contributed by atoms with Crippen LogP contribution in [0.1, 0.15) is 53.9 Å². The molecule has 2 aromatic rings. The van der Waals surface area contributed by atoms with Gasteiger partial charge in [0.2, 0.25) is 5.91 Å². The zero-order chi connectivity index (χ0) is 24.7. The van der Waals surface area contributed by atoms with Gasteiger partial charge in [-0.1, -0.05) is 12.1 Å². The Hall–Kier alpha value is -2.62. The molecule has 1 saturated carbocycles. The summed E-state index contributed by atoms with van der Waals surface area (Å²) in [7, 11) is 0. The van der Waals surface area contributed by atoms with Crippen LogP contribution in [0, 0.1) is 11.7 Å². The SMILES string of the molecule is O=C1CC[C@H]([C@@H]2CC[C@H](OCc3cc(C(F)(F)F)cc(C(F)(F)F)c3)[C@H]2c2ccc(F)cc2)N1. The fourth-order valence-electron chi connectivity index (χ4n) is 5.04. The number of alkyl halides is 6. The molecule has 1 N–H and O–H groups in total. The Balaban J connectivity index is 1.59. The first-order chi connectivity index (χ1) is 15.9. The molecule has 0 aromatic heterocycles. The van der Waals surface area contributed by atoms with Crippen LogP contribution in [0.2, 0.25) is 0 Å². The van der Waals surface area contributed by atoms with Crippen LogP contribution >= 0.6 is 0 Å². The third-order valence-corrected chi connectivity index (χ3v) is 6.56. The van der Waals surface area contributed by atoms with Crippen LogP contribution in [0.5, 0.6) is 0 Å². The van der Waals surface area contributed by atoms with Gasteiger partial charge in [-0.25, -0.2) is 4.39 Å². The molecule has 10 heteroatoms. The molecular weight excluding hydrogens is 467 g/mol. The predicted octanol–water partition coefficient (Wildman–Crippen LogP) is 6.22. The number of halogens is 7. The Labute approximate surface area is 191 Å². The predicted molar refractivity (Wildman–Crippen MR) is 108 cm³/mol. The topological polar surface area (TPSA) is 38.3 Å². The van der Waals surface area contributed by atoms with Gasteiger partial charge in [0, 0.05) is 18.4 Å². The summed E-state index contributed by atoms with van der Waals surface area (Å²) in [5, 5.41) is 2.93. The lowest BCUT2D eigenvalue weighted by molar-refractivity contribution is -0.143. The largest absolute Gasteiger partial charge is 0.416 e. The smallest absolute Gasteiger partial charge is 0.373 e. The first kappa shape index (κ1) is 24.5. The Kier molecular flexibility index (Phi) is 6.63. The van der Waals surface area contributed by atoms with Crippen molar-refractivity contribution < 1.29 is 40.3 Å². The van der Waals surface area contributed by atoms with Gasteiger partial charge in [0.15, 0.2) is 0 Å². The molecule has 1 aliphatic carbocycles. The first-order valence-electron chi connectivity index (χ1n) is 10.9. The molecule has 4 rings (SSSR count). The number of amides is 1. The normalized spacial score (nSPS) is 25.6. The van der Waals surface area contributed by atoms with Crippen molar-refractivity contribution in [2.24, 2.45) is 5.92 Å². The van der Waals surface area contributed by atoms with Crippen LogP contribution in [0.25, 0.3) is 0 Å². The molecule has 1 saturated heterocycles. The van der Waals surface area contributed by atoms with Crippen molar-refractivity contribution in [3.8, 4) is 0 Å². The maximum absolute atomic E-state index is 13.5. The van der Waals surface area contributed by atoms with Crippen molar-refractivity contribution in [1.82, 2.24) is 5.32 Å². The number of hydrogen-bond donors (Lipinski definition) is 1. The number of nitrogens with one attached hydrogen (secondary N) is 1. The van der Waals surface area contributed by atoms with E-state index in [1.807, 2.05) is 0 Å². The van der Waals surface area contributed by atoms with Crippen LogP contribution in [-0.4, -0.2) is 18.1 Å². The summed E-state index contributed by atoms with van der Waals surface area (Å²) in [5.74, 6) is -0.851. The van der Waals surface area contributed by atoms with Crippen LogP contribution < -0.4 is 5.32 Å². The molecule has 1 aliphatic heterocycles. The van der Waals surface area contributed by atoms with Crippen molar-refractivity contribution in [2.75, 3.05) is 0 Å². The quantitative estimate of drug-likeness (QED) is 0.507. The van der Waals surface area contributed by atoms with Gasteiger partial charge < -0.3 is 10.1 Å². The van der Waals surface area contributed by atoms with Crippen LogP contribution in [0.15, 0.2) is 42.5 Å². The fraction of sp³-hybridized carbons (Fsp3) is 0.458. The molecule has 184 valence electrons. The van der Waals surface area contributed by atoms with E-state index in [9.17, 15) is 35.5 Å². The molecule has 3 nitrogen and oxygen atoms in total. The first-order valence-corrected chi connectivity index (χ1v) is 10.9. The summed E-state index contributed by atoms with van der Waals surface area (Å²) in [6.45, 7) is -0.445. The van der Waals surface area contributed by atoms with E-state index in [1.165, 1.54) is 12.1 Å². The molecular formula is C24H22F7NO2. The molecule has 1 heterocycles. The van der Waals surface area contributed by atoms with Crippen LogP contribution in [0.3, 0.4) is 0 Å². The van der Waals surface area contributed by atoms with Gasteiger partial charge in [-0.3, -0.25) is 4.79 Å². The lowest BCUT2D eigenvalue weighted by Gasteiger charge is -2.29. The van der Waals surface area contributed by atoms with E-state index in [2.05, 4.69) is 5.32 Å². The Morgan fingerprint density at radius 1 is 0.882 bits per heavy atom. The summed E-state index contributed by atoms with van der Waals surface area (Å²) in [4.78, 5) is 11.7. The van der Waals surface area contributed by atoms with Crippen molar-refractivity contribution in [2.45, 2.75) is 62.7 Å². The molecule has 2 fully saturated rings. The average Bonchev–Trinajstić information content (AvgIpc) is 3.37. The number of carbonyl (C=O) groups excluding carboxylic acids is 1. The lowest BCUT2D eigenvalue weighted by atomic mass is 9.82. The van der Waals surface area contributed by atoms with E-state index in [0.717, 1.165) is 5.56 Å². The van der Waals surface area contributed by atoms with Gasteiger partial charge in [-0.15, -0.1) is 0 Å².